The number of aromatic nitrogens is 4. The van der Waals surface area contributed by atoms with E-state index in [0.717, 1.165) is 80.1 Å². The number of likely N-dealkylation sites (tertiary alicyclic amines) is 1. The van der Waals surface area contributed by atoms with Gasteiger partial charge in [-0.25, -0.2) is 9.97 Å². The number of benzene rings is 1. The minimum absolute atomic E-state index is 0.109. The molecule has 0 radical (unpaired) electrons. The standard InChI is InChI=1S/C25H34ClN7/c1-16(2)18(27)15-32-12-10-17(11-13-32)29-25-31-19-6-3-4-8-21(19)33(25)22-9-5-7-20-24(22)28-14-23(26)30-20/h3-4,6,8,14,16-18,22H,5,7,9-13,15,27H2,1-2H3,(H,29,31). The van der Waals surface area contributed by atoms with Gasteiger partial charge in [0.15, 0.2) is 0 Å². The number of anilines is 1. The summed E-state index contributed by atoms with van der Waals surface area (Å²) in [7, 11) is 0. The summed E-state index contributed by atoms with van der Waals surface area (Å²) in [5.41, 5.74) is 10.5. The van der Waals surface area contributed by atoms with Gasteiger partial charge in [-0.3, -0.25) is 4.98 Å². The number of piperidine rings is 1. The number of fused-ring (bicyclic) bond motifs is 2. The molecule has 1 saturated heterocycles. The predicted molar refractivity (Wildman–Crippen MR) is 134 cm³/mol. The molecule has 3 heterocycles. The van der Waals surface area contributed by atoms with Crippen molar-refractivity contribution in [3.8, 4) is 0 Å². The molecule has 176 valence electrons. The third-order valence-electron chi connectivity index (χ3n) is 7.21. The fourth-order valence-corrected chi connectivity index (χ4v) is 5.29. The molecular formula is C25H34ClN7. The van der Waals surface area contributed by atoms with Crippen LogP contribution in [0.4, 0.5) is 5.95 Å². The van der Waals surface area contributed by atoms with Crippen LogP contribution in [-0.4, -0.2) is 56.1 Å². The van der Waals surface area contributed by atoms with Crippen molar-refractivity contribution < 1.29 is 0 Å². The number of imidazole rings is 1. The largest absolute Gasteiger partial charge is 0.353 e. The van der Waals surface area contributed by atoms with Gasteiger partial charge in [-0.2, -0.15) is 0 Å². The number of hydrogen-bond donors (Lipinski definition) is 2. The average molecular weight is 468 g/mol. The predicted octanol–water partition coefficient (Wildman–Crippen LogP) is 4.27. The number of para-hydroxylation sites is 2. The van der Waals surface area contributed by atoms with E-state index >= 15 is 0 Å². The lowest BCUT2D eigenvalue weighted by Gasteiger charge is -2.35. The number of nitrogens with zero attached hydrogens (tertiary/aromatic N) is 5. The lowest BCUT2D eigenvalue weighted by atomic mass is 9.95. The highest BCUT2D eigenvalue weighted by Gasteiger charge is 2.30. The van der Waals surface area contributed by atoms with Gasteiger partial charge in [0.1, 0.15) is 5.15 Å². The molecular weight excluding hydrogens is 434 g/mol. The third kappa shape index (κ3) is 4.72. The second-order valence-electron chi connectivity index (χ2n) is 9.85. The summed E-state index contributed by atoms with van der Waals surface area (Å²) in [5.74, 6) is 1.44. The molecule has 0 amide bonds. The molecule has 2 atom stereocenters. The van der Waals surface area contributed by atoms with Gasteiger partial charge in [-0.05, 0) is 50.2 Å². The Hall–Kier alpha value is -2.22. The van der Waals surface area contributed by atoms with Crippen molar-refractivity contribution in [2.24, 2.45) is 11.7 Å². The molecule has 0 spiro atoms. The Bertz CT molecular complexity index is 1100. The van der Waals surface area contributed by atoms with Gasteiger partial charge in [-0.15, -0.1) is 0 Å². The molecule has 2 aliphatic rings. The van der Waals surface area contributed by atoms with Gasteiger partial charge in [0, 0.05) is 31.7 Å². The SMILES string of the molecule is CC(C)C(N)CN1CCC(Nc2nc3ccccc3n2C2CCCc3nc(Cl)cnc32)CC1. The molecule has 2 aromatic heterocycles. The number of rotatable bonds is 6. The Kier molecular flexibility index (Phi) is 6.54. The Morgan fingerprint density at radius 1 is 1.15 bits per heavy atom. The van der Waals surface area contributed by atoms with E-state index < -0.39 is 0 Å². The van der Waals surface area contributed by atoms with Crippen molar-refractivity contribution in [3.05, 3.63) is 47.0 Å². The summed E-state index contributed by atoms with van der Waals surface area (Å²) in [6.45, 7) is 7.50. The van der Waals surface area contributed by atoms with Crippen molar-refractivity contribution in [2.75, 3.05) is 25.0 Å². The summed E-state index contributed by atoms with van der Waals surface area (Å²) in [6.07, 6.45) is 6.85. The number of aryl methyl sites for hydroxylation is 1. The zero-order valence-corrected chi connectivity index (χ0v) is 20.3. The van der Waals surface area contributed by atoms with Crippen LogP contribution in [0.15, 0.2) is 30.5 Å². The summed E-state index contributed by atoms with van der Waals surface area (Å²) in [4.78, 5) is 16.8. The quantitative estimate of drug-likeness (QED) is 0.563. The molecule has 1 aliphatic heterocycles. The Morgan fingerprint density at radius 2 is 1.94 bits per heavy atom. The van der Waals surface area contributed by atoms with E-state index in [-0.39, 0.29) is 12.1 Å². The molecule has 3 aromatic rings. The van der Waals surface area contributed by atoms with Gasteiger partial charge in [-0.1, -0.05) is 37.6 Å². The third-order valence-corrected chi connectivity index (χ3v) is 7.39. The molecule has 1 aromatic carbocycles. The van der Waals surface area contributed by atoms with Gasteiger partial charge in [0.05, 0.1) is 34.7 Å². The first kappa shape index (κ1) is 22.6. The number of hydrogen-bond acceptors (Lipinski definition) is 6. The van der Waals surface area contributed by atoms with Crippen LogP contribution in [0.5, 0.6) is 0 Å². The van der Waals surface area contributed by atoms with Crippen LogP contribution >= 0.6 is 11.6 Å². The number of nitrogens with one attached hydrogen (secondary N) is 1. The smallest absolute Gasteiger partial charge is 0.204 e. The first-order valence-electron chi connectivity index (χ1n) is 12.2. The molecule has 0 bridgehead atoms. The van der Waals surface area contributed by atoms with Crippen molar-refractivity contribution in [2.45, 2.75) is 64.1 Å². The average Bonchev–Trinajstić information content (AvgIpc) is 3.17. The van der Waals surface area contributed by atoms with Crippen molar-refractivity contribution in [1.82, 2.24) is 24.4 Å². The molecule has 1 aliphatic carbocycles. The number of halogens is 1. The Balaban J connectivity index is 1.39. The van der Waals surface area contributed by atoms with Crippen molar-refractivity contribution >= 4 is 28.6 Å². The van der Waals surface area contributed by atoms with Gasteiger partial charge >= 0.3 is 0 Å². The lowest BCUT2D eigenvalue weighted by Crippen LogP contribution is -2.46. The number of nitrogens with two attached hydrogens (primary N) is 1. The van der Waals surface area contributed by atoms with Gasteiger partial charge in [0.2, 0.25) is 5.95 Å². The zero-order valence-electron chi connectivity index (χ0n) is 19.5. The summed E-state index contributed by atoms with van der Waals surface area (Å²) in [6, 6.07) is 9.11. The van der Waals surface area contributed by atoms with E-state index in [1.54, 1.807) is 6.20 Å². The van der Waals surface area contributed by atoms with Crippen molar-refractivity contribution in [3.63, 3.8) is 0 Å². The minimum Gasteiger partial charge on any atom is -0.353 e. The summed E-state index contributed by atoms with van der Waals surface area (Å²) in [5, 5.41) is 4.26. The highest BCUT2D eigenvalue weighted by molar-refractivity contribution is 6.29. The molecule has 7 nitrogen and oxygen atoms in total. The van der Waals surface area contributed by atoms with Crippen LogP contribution in [0.25, 0.3) is 11.0 Å². The highest BCUT2D eigenvalue weighted by Crippen LogP contribution is 2.36. The highest BCUT2D eigenvalue weighted by atomic mass is 35.5. The van der Waals surface area contributed by atoms with Gasteiger partial charge in [0.25, 0.3) is 0 Å². The summed E-state index contributed by atoms with van der Waals surface area (Å²) >= 11 is 6.15. The lowest BCUT2D eigenvalue weighted by molar-refractivity contribution is 0.194. The molecule has 2 unspecified atom stereocenters. The van der Waals surface area contributed by atoms with Gasteiger partial charge < -0.3 is 20.5 Å². The molecule has 8 heteroatoms. The van der Waals surface area contributed by atoms with E-state index in [2.05, 4.69) is 51.8 Å². The minimum atomic E-state index is 0.109. The molecule has 5 rings (SSSR count). The van der Waals surface area contributed by atoms with E-state index in [4.69, 9.17) is 27.3 Å². The maximum atomic E-state index is 6.31. The Labute approximate surface area is 200 Å². The topological polar surface area (TPSA) is 84.9 Å². The Morgan fingerprint density at radius 3 is 2.73 bits per heavy atom. The monoisotopic (exact) mass is 467 g/mol. The maximum Gasteiger partial charge on any atom is 0.204 e. The fourth-order valence-electron chi connectivity index (χ4n) is 5.14. The van der Waals surface area contributed by atoms with E-state index in [0.29, 0.717) is 17.1 Å². The second-order valence-corrected chi connectivity index (χ2v) is 10.2. The molecule has 0 saturated carbocycles. The maximum absolute atomic E-state index is 6.31. The van der Waals surface area contributed by atoms with Crippen LogP contribution in [-0.2, 0) is 6.42 Å². The fraction of sp³-hybridized carbons (Fsp3) is 0.560. The van der Waals surface area contributed by atoms with Crippen LogP contribution < -0.4 is 11.1 Å². The van der Waals surface area contributed by atoms with E-state index in [1.165, 1.54) is 0 Å². The van der Waals surface area contributed by atoms with Crippen LogP contribution in [0.3, 0.4) is 0 Å². The first-order valence-corrected chi connectivity index (χ1v) is 12.6. The molecule has 33 heavy (non-hydrogen) atoms. The summed E-state index contributed by atoms with van der Waals surface area (Å²) < 4.78 is 2.34. The van der Waals surface area contributed by atoms with Crippen LogP contribution in [0.1, 0.15) is 57.0 Å². The first-order chi connectivity index (χ1) is 16.0. The van der Waals surface area contributed by atoms with Crippen LogP contribution in [0.2, 0.25) is 5.15 Å². The van der Waals surface area contributed by atoms with E-state index in [1.807, 2.05) is 6.07 Å². The normalized spacial score (nSPS) is 20.8. The zero-order chi connectivity index (χ0) is 22.9. The van der Waals surface area contributed by atoms with Crippen molar-refractivity contribution in [1.29, 1.82) is 0 Å². The van der Waals surface area contributed by atoms with Crippen LogP contribution in [0, 0.1) is 5.92 Å². The molecule has 1 fully saturated rings. The van der Waals surface area contributed by atoms with E-state index in [9.17, 15) is 0 Å². The second kappa shape index (κ2) is 9.57. The molecule has 3 N–H and O–H groups in total.